The molecule has 1 aliphatic heterocycles. The normalized spacial score (nSPS) is 14.8. The quantitative estimate of drug-likeness (QED) is 0.644. The van der Waals surface area contributed by atoms with Crippen LogP contribution < -0.4 is 5.32 Å². The third-order valence-corrected chi connectivity index (χ3v) is 5.36. The van der Waals surface area contributed by atoms with E-state index in [1.165, 1.54) is 23.5 Å². The van der Waals surface area contributed by atoms with E-state index in [0.29, 0.717) is 32.5 Å². The van der Waals surface area contributed by atoms with Gasteiger partial charge in [0.05, 0.1) is 9.80 Å². The van der Waals surface area contributed by atoms with Gasteiger partial charge in [0.25, 0.3) is 11.6 Å². The molecule has 0 atom stereocenters. The number of hydrogen-bond donors (Lipinski definition) is 1. The number of likely N-dealkylation sites (tertiary alicyclic amines) is 1. The molecule has 0 unspecified atom stereocenters. The van der Waals surface area contributed by atoms with Gasteiger partial charge in [-0.25, -0.2) is 0 Å². The van der Waals surface area contributed by atoms with Crippen molar-refractivity contribution in [1.82, 2.24) is 10.2 Å². The van der Waals surface area contributed by atoms with E-state index in [2.05, 4.69) is 5.32 Å². The highest BCUT2D eigenvalue weighted by atomic mass is 32.1. The van der Waals surface area contributed by atoms with E-state index in [1.807, 2.05) is 17.5 Å². The van der Waals surface area contributed by atoms with E-state index in [1.54, 1.807) is 17.0 Å². The second-order valence-corrected chi connectivity index (χ2v) is 7.13. The standard InChI is InChI=1S/C18H19N3O4S/c22-17(19-12-13-3-5-15(6-4-13)21(24)25)14-7-9-20(10-8-14)18(23)16-2-1-11-26-16/h1-6,11,14H,7-10,12H2,(H,19,22). The number of non-ortho nitro benzene ring substituents is 1. The van der Waals surface area contributed by atoms with Gasteiger partial charge < -0.3 is 10.2 Å². The summed E-state index contributed by atoms with van der Waals surface area (Å²) in [5.74, 6) is -0.114. The first-order chi connectivity index (χ1) is 12.5. The fourth-order valence-corrected chi connectivity index (χ4v) is 3.66. The fourth-order valence-electron chi connectivity index (χ4n) is 2.97. The number of benzene rings is 1. The molecule has 2 heterocycles. The highest BCUT2D eigenvalue weighted by Crippen LogP contribution is 2.21. The SMILES string of the molecule is O=C(NCc1ccc([N+](=O)[O-])cc1)C1CCN(C(=O)c2cccs2)CC1. The van der Waals surface area contributed by atoms with Gasteiger partial charge in [-0.3, -0.25) is 19.7 Å². The van der Waals surface area contributed by atoms with Crippen molar-refractivity contribution in [1.29, 1.82) is 0 Å². The third-order valence-electron chi connectivity index (χ3n) is 4.50. The van der Waals surface area contributed by atoms with Gasteiger partial charge in [0, 0.05) is 37.7 Å². The van der Waals surface area contributed by atoms with Gasteiger partial charge in [-0.15, -0.1) is 11.3 Å². The summed E-state index contributed by atoms with van der Waals surface area (Å²) < 4.78 is 0. The summed E-state index contributed by atoms with van der Waals surface area (Å²) >= 11 is 1.43. The minimum atomic E-state index is -0.451. The van der Waals surface area contributed by atoms with Crippen LogP contribution in [0.2, 0.25) is 0 Å². The highest BCUT2D eigenvalue weighted by Gasteiger charge is 2.28. The number of nitro groups is 1. The van der Waals surface area contributed by atoms with Crippen molar-refractivity contribution in [3.63, 3.8) is 0 Å². The molecule has 1 aromatic heterocycles. The maximum absolute atomic E-state index is 12.3. The molecule has 1 saturated heterocycles. The Balaban J connectivity index is 1.46. The van der Waals surface area contributed by atoms with Crippen LogP contribution in [0.1, 0.15) is 28.1 Å². The highest BCUT2D eigenvalue weighted by molar-refractivity contribution is 7.12. The number of rotatable bonds is 5. The summed E-state index contributed by atoms with van der Waals surface area (Å²) in [6, 6.07) is 9.81. The molecule has 1 fully saturated rings. The number of carbonyl (C=O) groups excluding carboxylic acids is 2. The molecule has 3 rings (SSSR count). The number of nitrogens with one attached hydrogen (secondary N) is 1. The number of carbonyl (C=O) groups is 2. The number of amides is 2. The summed E-state index contributed by atoms with van der Waals surface area (Å²) in [5.41, 5.74) is 0.845. The molecule has 0 aliphatic carbocycles. The lowest BCUT2D eigenvalue weighted by Crippen LogP contribution is -2.42. The maximum Gasteiger partial charge on any atom is 0.269 e. The van der Waals surface area contributed by atoms with Gasteiger partial charge in [0.15, 0.2) is 0 Å². The summed E-state index contributed by atoms with van der Waals surface area (Å²) in [6.45, 7) is 1.49. The second-order valence-electron chi connectivity index (χ2n) is 6.19. The topological polar surface area (TPSA) is 92.5 Å². The maximum atomic E-state index is 12.3. The van der Waals surface area contributed by atoms with E-state index < -0.39 is 4.92 Å². The molecule has 1 aliphatic rings. The van der Waals surface area contributed by atoms with Crippen molar-refractivity contribution in [3.8, 4) is 0 Å². The van der Waals surface area contributed by atoms with Gasteiger partial charge in [0.2, 0.25) is 5.91 Å². The van der Waals surface area contributed by atoms with E-state index in [-0.39, 0.29) is 23.4 Å². The summed E-state index contributed by atoms with van der Waals surface area (Å²) in [6.07, 6.45) is 1.28. The molecule has 8 heteroatoms. The first-order valence-electron chi connectivity index (χ1n) is 8.38. The summed E-state index contributed by atoms with van der Waals surface area (Å²) in [5, 5.41) is 15.4. The first kappa shape index (κ1) is 18.1. The zero-order chi connectivity index (χ0) is 18.5. The molecule has 7 nitrogen and oxygen atoms in total. The van der Waals surface area contributed by atoms with Crippen molar-refractivity contribution < 1.29 is 14.5 Å². The Hall–Kier alpha value is -2.74. The van der Waals surface area contributed by atoms with Crippen LogP contribution in [-0.4, -0.2) is 34.7 Å². The van der Waals surface area contributed by atoms with Crippen LogP contribution in [0.25, 0.3) is 0 Å². The number of thiophene rings is 1. The monoisotopic (exact) mass is 373 g/mol. The zero-order valence-electron chi connectivity index (χ0n) is 14.1. The Labute approximate surface area is 154 Å². The number of nitrogens with zero attached hydrogens (tertiary/aromatic N) is 2. The van der Waals surface area contributed by atoms with Crippen LogP contribution in [0, 0.1) is 16.0 Å². The zero-order valence-corrected chi connectivity index (χ0v) is 14.9. The van der Waals surface area contributed by atoms with Crippen molar-refractivity contribution in [2.75, 3.05) is 13.1 Å². The minimum Gasteiger partial charge on any atom is -0.352 e. The van der Waals surface area contributed by atoms with Crippen molar-refractivity contribution >= 4 is 28.8 Å². The molecule has 2 aromatic rings. The van der Waals surface area contributed by atoms with E-state index >= 15 is 0 Å². The lowest BCUT2D eigenvalue weighted by atomic mass is 9.95. The molecule has 0 saturated carbocycles. The molecule has 136 valence electrons. The average molecular weight is 373 g/mol. The lowest BCUT2D eigenvalue weighted by molar-refractivity contribution is -0.384. The van der Waals surface area contributed by atoms with Crippen molar-refractivity contribution in [2.45, 2.75) is 19.4 Å². The van der Waals surface area contributed by atoms with Crippen molar-refractivity contribution in [2.24, 2.45) is 5.92 Å². The molecule has 1 N–H and O–H groups in total. The number of piperidine rings is 1. The van der Waals surface area contributed by atoms with Gasteiger partial charge in [-0.05, 0) is 29.9 Å². The van der Waals surface area contributed by atoms with Crippen LogP contribution in [-0.2, 0) is 11.3 Å². The number of nitro benzene ring substituents is 1. The Bertz CT molecular complexity index is 781. The van der Waals surface area contributed by atoms with Crippen LogP contribution in [0.3, 0.4) is 0 Å². The number of hydrogen-bond acceptors (Lipinski definition) is 5. The Kier molecular flexibility index (Phi) is 5.62. The molecule has 2 amide bonds. The first-order valence-corrected chi connectivity index (χ1v) is 9.26. The third kappa shape index (κ3) is 4.26. The van der Waals surface area contributed by atoms with Gasteiger partial charge in [-0.1, -0.05) is 18.2 Å². The Morgan fingerprint density at radius 2 is 1.88 bits per heavy atom. The van der Waals surface area contributed by atoms with Crippen molar-refractivity contribution in [3.05, 3.63) is 62.3 Å². The van der Waals surface area contributed by atoms with Gasteiger partial charge >= 0.3 is 0 Å². The van der Waals surface area contributed by atoms with E-state index in [9.17, 15) is 19.7 Å². The molecule has 1 aromatic carbocycles. The summed E-state index contributed by atoms with van der Waals surface area (Å²) in [7, 11) is 0. The molecule has 0 bridgehead atoms. The lowest BCUT2D eigenvalue weighted by Gasteiger charge is -2.31. The van der Waals surface area contributed by atoms with Crippen LogP contribution in [0.4, 0.5) is 5.69 Å². The molecular weight excluding hydrogens is 354 g/mol. The molecule has 26 heavy (non-hydrogen) atoms. The van der Waals surface area contributed by atoms with Gasteiger partial charge in [-0.2, -0.15) is 0 Å². The average Bonchev–Trinajstić information content (AvgIpc) is 3.20. The smallest absolute Gasteiger partial charge is 0.269 e. The molecule has 0 spiro atoms. The summed E-state index contributed by atoms with van der Waals surface area (Å²) in [4.78, 5) is 37.4. The largest absolute Gasteiger partial charge is 0.352 e. The van der Waals surface area contributed by atoms with Crippen LogP contribution in [0.15, 0.2) is 41.8 Å². The Morgan fingerprint density at radius 1 is 1.19 bits per heavy atom. The van der Waals surface area contributed by atoms with E-state index in [0.717, 1.165) is 10.4 Å². The van der Waals surface area contributed by atoms with Crippen LogP contribution in [0.5, 0.6) is 0 Å². The van der Waals surface area contributed by atoms with Crippen LogP contribution >= 0.6 is 11.3 Å². The molecule has 0 radical (unpaired) electrons. The predicted octanol–water partition coefficient (Wildman–Crippen LogP) is 2.82. The Morgan fingerprint density at radius 3 is 2.46 bits per heavy atom. The fraction of sp³-hybridized carbons (Fsp3) is 0.333. The van der Waals surface area contributed by atoms with Gasteiger partial charge in [0.1, 0.15) is 0 Å². The van der Waals surface area contributed by atoms with E-state index in [4.69, 9.17) is 0 Å². The second kappa shape index (κ2) is 8.09. The minimum absolute atomic E-state index is 0.0304. The molecular formula is C18H19N3O4S. The predicted molar refractivity (Wildman–Crippen MR) is 97.9 cm³/mol.